The van der Waals surface area contributed by atoms with Gasteiger partial charge in [0.25, 0.3) is 5.69 Å². The van der Waals surface area contributed by atoms with Gasteiger partial charge in [-0.2, -0.15) is 0 Å². The molecule has 3 N–H and O–H groups in total. The molecule has 7 nitrogen and oxygen atoms in total. The van der Waals surface area contributed by atoms with E-state index in [1.54, 1.807) is 0 Å². The molecule has 2 rings (SSSR count). The second-order valence-corrected chi connectivity index (χ2v) is 5.47. The van der Waals surface area contributed by atoms with E-state index in [0.717, 1.165) is 17.2 Å². The highest BCUT2D eigenvalue weighted by atomic mass is 32.1. The summed E-state index contributed by atoms with van der Waals surface area (Å²) in [7, 11) is 0. The third-order valence-corrected chi connectivity index (χ3v) is 3.51. The first kappa shape index (κ1) is 17.4. The standard InChI is InChI=1S/C16H15N3O4S/c1-10-4-2-3-5-11(10)8-15(21)18-16(24)17-13-9-12(19(22)23)6-7-14(13)20/h2-7,9,20H,8H2,1H3,(H2,17,18,21,24). The van der Waals surface area contributed by atoms with Crippen LogP contribution in [0.3, 0.4) is 0 Å². The number of carbonyl (C=O) groups excluding carboxylic acids is 1. The summed E-state index contributed by atoms with van der Waals surface area (Å²) >= 11 is 5.01. The number of rotatable bonds is 4. The van der Waals surface area contributed by atoms with Crippen molar-refractivity contribution in [2.75, 3.05) is 5.32 Å². The first-order chi connectivity index (χ1) is 11.4. The van der Waals surface area contributed by atoms with Crippen LogP contribution in [0.5, 0.6) is 5.75 Å². The maximum Gasteiger partial charge on any atom is 0.271 e. The van der Waals surface area contributed by atoms with Crippen LogP contribution in [-0.4, -0.2) is 21.0 Å². The molecule has 0 radical (unpaired) electrons. The van der Waals surface area contributed by atoms with Crippen molar-refractivity contribution in [3.05, 3.63) is 63.7 Å². The van der Waals surface area contributed by atoms with Gasteiger partial charge in [-0.3, -0.25) is 14.9 Å². The van der Waals surface area contributed by atoms with Crippen molar-refractivity contribution in [2.45, 2.75) is 13.3 Å². The molecule has 1 amide bonds. The Morgan fingerprint density at radius 3 is 2.67 bits per heavy atom. The van der Waals surface area contributed by atoms with Gasteiger partial charge in [0.05, 0.1) is 17.0 Å². The van der Waals surface area contributed by atoms with Crippen LogP contribution in [0.1, 0.15) is 11.1 Å². The second-order valence-electron chi connectivity index (χ2n) is 5.06. The molecule has 0 unspecified atom stereocenters. The molecule has 124 valence electrons. The predicted octanol–water partition coefficient (Wildman–Crippen LogP) is 2.66. The zero-order valence-corrected chi connectivity index (χ0v) is 13.6. The predicted molar refractivity (Wildman–Crippen MR) is 94.0 cm³/mol. The van der Waals surface area contributed by atoms with Crippen molar-refractivity contribution in [1.82, 2.24) is 5.32 Å². The number of aromatic hydroxyl groups is 1. The van der Waals surface area contributed by atoms with Gasteiger partial charge in [0.15, 0.2) is 5.11 Å². The number of nitrogens with one attached hydrogen (secondary N) is 2. The molecule has 0 aromatic heterocycles. The monoisotopic (exact) mass is 345 g/mol. The molecular weight excluding hydrogens is 330 g/mol. The van der Waals surface area contributed by atoms with E-state index < -0.39 is 4.92 Å². The van der Waals surface area contributed by atoms with Crippen molar-refractivity contribution < 1.29 is 14.8 Å². The summed E-state index contributed by atoms with van der Waals surface area (Å²) in [5.41, 5.74) is 1.70. The number of nitro groups is 1. The van der Waals surface area contributed by atoms with Crippen LogP contribution < -0.4 is 10.6 Å². The molecule has 24 heavy (non-hydrogen) atoms. The molecule has 2 aromatic rings. The minimum Gasteiger partial charge on any atom is -0.506 e. The van der Waals surface area contributed by atoms with Crippen molar-refractivity contribution in [3.8, 4) is 5.75 Å². The molecule has 0 heterocycles. The number of anilines is 1. The van der Waals surface area contributed by atoms with Gasteiger partial charge in [0.2, 0.25) is 5.91 Å². The summed E-state index contributed by atoms with van der Waals surface area (Å²) in [4.78, 5) is 22.2. The number of benzene rings is 2. The number of nitro benzene ring substituents is 1. The fourth-order valence-corrected chi connectivity index (χ4v) is 2.27. The number of non-ortho nitro benzene ring substituents is 1. The minimum absolute atomic E-state index is 0.0467. The number of hydrogen-bond donors (Lipinski definition) is 3. The SMILES string of the molecule is Cc1ccccc1CC(=O)NC(=S)Nc1cc([N+](=O)[O-])ccc1O. The van der Waals surface area contributed by atoms with Crippen molar-refractivity contribution in [1.29, 1.82) is 0 Å². The maximum absolute atomic E-state index is 12.0. The topological polar surface area (TPSA) is 104 Å². The largest absolute Gasteiger partial charge is 0.506 e. The molecule has 0 aliphatic rings. The van der Waals surface area contributed by atoms with Crippen LogP contribution in [-0.2, 0) is 11.2 Å². The van der Waals surface area contributed by atoms with Crippen LogP contribution >= 0.6 is 12.2 Å². The number of carbonyl (C=O) groups is 1. The Bertz CT molecular complexity index is 808. The Hall–Kier alpha value is -3.00. The maximum atomic E-state index is 12.0. The van der Waals surface area contributed by atoms with Crippen molar-refractivity contribution in [2.24, 2.45) is 0 Å². The van der Waals surface area contributed by atoms with Gasteiger partial charge in [-0.15, -0.1) is 0 Å². The van der Waals surface area contributed by atoms with Gasteiger partial charge in [-0.1, -0.05) is 24.3 Å². The van der Waals surface area contributed by atoms with E-state index >= 15 is 0 Å². The third-order valence-electron chi connectivity index (χ3n) is 3.30. The molecule has 0 spiro atoms. The molecule has 2 aromatic carbocycles. The Labute approximate surface area is 143 Å². The Morgan fingerprint density at radius 2 is 2.00 bits per heavy atom. The fourth-order valence-electron chi connectivity index (χ4n) is 2.04. The summed E-state index contributed by atoms with van der Waals surface area (Å²) in [5, 5.41) is 25.5. The number of nitrogens with zero attached hydrogens (tertiary/aromatic N) is 1. The lowest BCUT2D eigenvalue weighted by molar-refractivity contribution is -0.384. The fraction of sp³-hybridized carbons (Fsp3) is 0.125. The van der Waals surface area contributed by atoms with Crippen LogP contribution in [0, 0.1) is 17.0 Å². The van der Waals surface area contributed by atoms with Crippen molar-refractivity contribution in [3.63, 3.8) is 0 Å². The van der Waals surface area contributed by atoms with Crippen LogP contribution in [0.4, 0.5) is 11.4 Å². The summed E-state index contributed by atoms with van der Waals surface area (Å²) in [6, 6.07) is 11.0. The molecule has 0 fully saturated rings. The third kappa shape index (κ3) is 4.50. The Balaban J connectivity index is 2.00. The van der Waals surface area contributed by atoms with Gasteiger partial charge in [-0.05, 0) is 36.3 Å². The molecule has 0 aliphatic heterocycles. The Kier molecular flexibility index (Phi) is 5.43. The lowest BCUT2D eigenvalue weighted by Gasteiger charge is -2.11. The number of phenolic OH excluding ortho intramolecular Hbond substituents is 1. The highest BCUT2D eigenvalue weighted by molar-refractivity contribution is 7.80. The quantitative estimate of drug-likeness (QED) is 0.341. The van der Waals surface area contributed by atoms with Gasteiger partial charge in [0.1, 0.15) is 5.75 Å². The second kappa shape index (κ2) is 7.51. The minimum atomic E-state index is -0.593. The normalized spacial score (nSPS) is 10.0. The first-order valence-corrected chi connectivity index (χ1v) is 7.40. The van der Waals surface area contributed by atoms with Gasteiger partial charge in [0, 0.05) is 12.1 Å². The van der Waals surface area contributed by atoms with E-state index in [0.29, 0.717) is 0 Å². The average Bonchev–Trinajstić information content (AvgIpc) is 2.51. The number of hydrogen-bond acceptors (Lipinski definition) is 5. The van der Waals surface area contributed by atoms with Crippen LogP contribution in [0.25, 0.3) is 0 Å². The summed E-state index contributed by atoms with van der Waals surface area (Å²) in [6.45, 7) is 1.90. The number of phenols is 1. The van der Waals surface area contributed by atoms with E-state index in [2.05, 4.69) is 10.6 Å². The van der Waals surface area contributed by atoms with E-state index in [9.17, 15) is 20.0 Å². The molecule has 0 aliphatic carbocycles. The van der Waals surface area contributed by atoms with Crippen LogP contribution in [0.15, 0.2) is 42.5 Å². The lowest BCUT2D eigenvalue weighted by Crippen LogP contribution is -2.35. The van der Waals surface area contributed by atoms with Gasteiger partial charge in [-0.25, -0.2) is 0 Å². The molecule has 0 saturated heterocycles. The zero-order chi connectivity index (χ0) is 17.7. The van der Waals surface area contributed by atoms with Crippen molar-refractivity contribution >= 4 is 34.6 Å². The highest BCUT2D eigenvalue weighted by Gasteiger charge is 2.13. The Morgan fingerprint density at radius 1 is 1.29 bits per heavy atom. The molecule has 0 bridgehead atoms. The van der Waals surface area contributed by atoms with E-state index in [4.69, 9.17) is 12.2 Å². The summed E-state index contributed by atoms with van der Waals surface area (Å²) in [5.74, 6) is -0.539. The zero-order valence-electron chi connectivity index (χ0n) is 12.8. The number of thiocarbonyl (C=S) groups is 1. The van der Waals surface area contributed by atoms with E-state index in [-0.39, 0.29) is 34.6 Å². The summed E-state index contributed by atoms with van der Waals surface area (Å²) < 4.78 is 0. The molecule has 8 heteroatoms. The smallest absolute Gasteiger partial charge is 0.271 e. The van der Waals surface area contributed by atoms with Gasteiger partial charge < -0.3 is 15.7 Å². The first-order valence-electron chi connectivity index (χ1n) is 6.99. The number of amides is 1. The number of aryl methyl sites for hydroxylation is 1. The van der Waals surface area contributed by atoms with Crippen LogP contribution in [0.2, 0.25) is 0 Å². The lowest BCUT2D eigenvalue weighted by atomic mass is 10.1. The highest BCUT2D eigenvalue weighted by Crippen LogP contribution is 2.27. The van der Waals surface area contributed by atoms with Gasteiger partial charge >= 0.3 is 0 Å². The van der Waals surface area contributed by atoms with E-state index in [1.165, 1.54) is 12.1 Å². The molecule has 0 saturated carbocycles. The molecular formula is C16H15N3O4S. The average molecular weight is 345 g/mol. The summed E-state index contributed by atoms with van der Waals surface area (Å²) in [6.07, 6.45) is 0.148. The molecule has 0 atom stereocenters. The van der Waals surface area contributed by atoms with E-state index in [1.807, 2.05) is 31.2 Å².